The molecule has 0 saturated heterocycles. The van der Waals surface area contributed by atoms with E-state index in [1.807, 2.05) is 26.8 Å². The van der Waals surface area contributed by atoms with E-state index >= 15 is 0 Å². The van der Waals surface area contributed by atoms with Gasteiger partial charge in [-0.1, -0.05) is 41.1 Å². The minimum absolute atomic E-state index is 0.367. The number of amides is 1. The summed E-state index contributed by atoms with van der Waals surface area (Å²) in [6.07, 6.45) is 5.57. The molecule has 1 aromatic rings. The van der Waals surface area contributed by atoms with Crippen molar-refractivity contribution >= 4 is 28.1 Å². The summed E-state index contributed by atoms with van der Waals surface area (Å²) in [4.78, 5) is 11.5. The molecular weight excluding hydrogens is 330 g/mol. The quantitative estimate of drug-likeness (QED) is 0.761. The normalized spacial score (nSPS) is 11.7. The van der Waals surface area contributed by atoms with Gasteiger partial charge in [0.2, 0.25) is 0 Å². The lowest BCUT2D eigenvalue weighted by atomic mass is 10.0. The maximum atomic E-state index is 11.5. The zero-order valence-corrected chi connectivity index (χ0v) is 14.8. The smallest absolute Gasteiger partial charge is 0.407 e. The molecule has 3 nitrogen and oxygen atoms in total. The molecule has 0 fully saturated rings. The lowest BCUT2D eigenvalue weighted by molar-refractivity contribution is 0.0529. The van der Waals surface area contributed by atoms with Crippen LogP contribution < -0.4 is 5.32 Å². The van der Waals surface area contributed by atoms with Gasteiger partial charge in [0.1, 0.15) is 5.60 Å². The van der Waals surface area contributed by atoms with Gasteiger partial charge >= 0.3 is 6.09 Å². The number of rotatable bonds is 5. The third kappa shape index (κ3) is 7.32. The van der Waals surface area contributed by atoms with Gasteiger partial charge in [-0.2, -0.15) is 0 Å². The highest BCUT2D eigenvalue weighted by Gasteiger charge is 2.15. The number of hydrogen-bond donors (Lipinski definition) is 1. The van der Waals surface area contributed by atoms with Gasteiger partial charge in [-0.3, -0.25) is 0 Å². The van der Waals surface area contributed by atoms with Crippen LogP contribution in [0.3, 0.4) is 0 Å². The third-order valence-corrected chi connectivity index (χ3v) is 3.26. The Morgan fingerprint density at radius 1 is 1.38 bits per heavy atom. The van der Waals surface area contributed by atoms with E-state index in [0.29, 0.717) is 6.54 Å². The van der Waals surface area contributed by atoms with Crippen LogP contribution in [-0.2, 0) is 11.2 Å². The zero-order chi connectivity index (χ0) is 15.9. The van der Waals surface area contributed by atoms with Crippen LogP contribution in [0.2, 0.25) is 0 Å². The molecule has 0 atom stereocenters. The number of alkyl carbamates (subject to hydrolysis) is 1. The second kappa shape index (κ2) is 8.23. The van der Waals surface area contributed by atoms with E-state index < -0.39 is 5.60 Å². The molecule has 0 aromatic heterocycles. The van der Waals surface area contributed by atoms with Gasteiger partial charge < -0.3 is 10.1 Å². The number of hydrogen-bond acceptors (Lipinski definition) is 2. The molecule has 0 aliphatic heterocycles. The van der Waals surface area contributed by atoms with Crippen molar-refractivity contribution in [3.05, 3.63) is 39.9 Å². The molecule has 1 amide bonds. The average molecular weight is 354 g/mol. The number of aryl methyl sites for hydroxylation is 1. The highest BCUT2D eigenvalue weighted by atomic mass is 79.9. The van der Waals surface area contributed by atoms with Gasteiger partial charge in [0, 0.05) is 11.0 Å². The number of ether oxygens (including phenoxy) is 1. The van der Waals surface area contributed by atoms with Gasteiger partial charge in [0.05, 0.1) is 0 Å². The molecule has 1 N–H and O–H groups in total. The van der Waals surface area contributed by atoms with Gasteiger partial charge in [-0.05, 0) is 56.9 Å². The largest absolute Gasteiger partial charge is 0.444 e. The number of carbonyl (C=O) groups excluding carboxylic acids is 1. The minimum atomic E-state index is -0.451. The highest BCUT2D eigenvalue weighted by molar-refractivity contribution is 9.10. The number of carbonyl (C=O) groups is 1. The second-order valence-corrected chi connectivity index (χ2v) is 6.73. The Kier molecular flexibility index (Phi) is 6.96. The molecule has 0 spiro atoms. The Balaban J connectivity index is 2.41. The van der Waals surface area contributed by atoms with Crippen molar-refractivity contribution in [3.63, 3.8) is 0 Å². The maximum absolute atomic E-state index is 11.5. The van der Waals surface area contributed by atoms with Crippen LogP contribution in [0, 0.1) is 0 Å². The van der Waals surface area contributed by atoms with Gasteiger partial charge in [-0.25, -0.2) is 4.79 Å². The van der Waals surface area contributed by atoms with E-state index in [4.69, 9.17) is 4.74 Å². The number of nitrogens with one attached hydrogen (secondary N) is 1. The summed E-state index contributed by atoms with van der Waals surface area (Å²) in [5.41, 5.74) is 2.08. The van der Waals surface area contributed by atoms with E-state index in [9.17, 15) is 4.79 Å². The van der Waals surface area contributed by atoms with E-state index in [2.05, 4.69) is 52.5 Å². The predicted molar refractivity (Wildman–Crippen MR) is 91.4 cm³/mol. The molecule has 0 heterocycles. The summed E-state index contributed by atoms with van der Waals surface area (Å²) < 4.78 is 6.27. The van der Waals surface area contributed by atoms with Crippen LogP contribution in [0.15, 0.2) is 28.7 Å². The molecule has 1 rings (SSSR count). The summed E-state index contributed by atoms with van der Waals surface area (Å²) in [6.45, 7) is 8.28. The second-order valence-electron chi connectivity index (χ2n) is 5.82. The first-order valence-electron chi connectivity index (χ1n) is 7.23. The monoisotopic (exact) mass is 353 g/mol. The lowest BCUT2D eigenvalue weighted by Gasteiger charge is -2.19. The van der Waals surface area contributed by atoms with Crippen molar-refractivity contribution in [1.82, 2.24) is 5.32 Å². The van der Waals surface area contributed by atoms with Crippen LogP contribution in [0.5, 0.6) is 0 Å². The fourth-order valence-corrected chi connectivity index (χ4v) is 2.23. The Morgan fingerprint density at radius 2 is 2.10 bits per heavy atom. The third-order valence-electron chi connectivity index (χ3n) is 2.76. The fourth-order valence-electron chi connectivity index (χ4n) is 1.83. The van der Waals surface area contributed by atoms with Crippen molar-refractivity contribution in [2.75, 3.05) is 6.54 Å². The van der Waals surface area contributed by atoms with Crippen molar-refractivity contribution < 1.29 is 9.53 Å². The zero-order valence-electron chi connectivity index (χ0n) is 13.2. The van der Waals surface area contributed by atoms with Crippen molar-refractivity contribution in [1.29, 1.82) is 0 Å². The SMILES string of the molecule is CCc1cc(Br)ccc1C=CCCNC(=O)OC(C)(C)C. The summed E-state index contributed by atoms with van der Waals surface area (Å²) in [5, 5.41) is 2.74. The molecule has 1 aromatic carbocycles. The van der Waals surface area contributed by atoms with E-state index in [1.54, 1.807) is 0 Å². The Bertz CT molecular complexity index is 504. The minimum Gasteiger partial charge on any atom is -0.444 e. The molecule has 0 aliphatic carbocycles. The molecule has 0 unspecified atom stereocenters. The van der Waals surface area contributed by atoms with Gasteiger partial charge in [0.25, 0.3) is 0 Å². The summed E-state index contributed by atoms with van der Waals surface area (Å²) >= 11 is 3.48. The van der Waals surface area contributed by atoms with Gasteiger partial charge in [0.15, 0.2) is 0 Å². The first kappa shape index (κ1) is 17.8. The summed E-state index contributed by atoms with van der Waals surface area (Å²) in [7, 11) is 0. The van der Waals surface area contributed by atoms with E-state index in [0.717, 1.165) is 17.3 Å². The van der Waals surface area contributed by atoms with Gasteiger partial charge in [-0.15, -0.1) is 0 Å². The fraction of sp³-hybridized carbons (Fsp3) is 0.471. The predicted octanol–water partition coefficient (Wildman–Crippen LogP) is 4.94. The number of halogens is 1. The molecule has 0 saturated carbocycles. The van der Waals surface area contributed by atoms with Crippen LogP contribution in [0.25, 0.3) is 6.08 Å². The molecule has 0 aliphatic rings. The van der Waals surface area contributed by atoms with Crippen molar-refractivity contribution in [3.8, 4) is 0 Å². The average Bonchev–Trinajstić information content (AvgIpc) is 2.37. The molecule has 0 radical (unpaired) electrons. The van der Waals surface area contributed by atoms with Crippen LogP contribution in [0.4, 0.5) is 4.79 Å². The van der Waals surface area contributed by atoms with Crippen molar-refractivity contribution in [2.45, 2.75) is 46.1 Å². The summed E-state index contributed by atoms with van der Waals surface area (Å²) in [5.74, 6) is 0. The van der Waals surface area contributed by atoms with Crippen LogP contribution >= 0.6 is 15.9 Å². The summed E-state index contributed by atoms with van der Waals surface area (Å²) in [6, 6.07) is 6.27. The lowest BCUT2D eigenvalue weighted by Crippen LogP contribution is -2.32. The van der Waals surface area contributed by atoms with Crippen LogP contribution in [0.1, 0.15) is 45.2 Å². The molecule has 0 bridgehead atoms. The molecule has 4 heteroatoms. The Hall–Kier alpha value is -1.29. The molecule has 21 heavy (non-hydrogen) atoms. The van der Waals surface area contributed by atoms with E-state index in [1.165, 1.54) is 11.1 Å². The molecular formula is C17H24BrNO2. The van der Waals surface area contributed by atoms with Crippen molar-refractivity contribution in [2.24, 2.45) is 0 Å². The standard InChI is InChI=1S/C17H24BrNO2/c1-5-13-12-15(18)10-9-14(13)8-6-7-11-19-16(20)21-17(2,3)4/h6,8-10,12H,5,7,11H2,1-4H3,(H,19,20). The topological polar surface area (TPSA) is 38.3 Å². The first-order chi connectivity index (χ1) is 9.81. The molecule has 116 valence electrons. The Labute approximate surface area is 135 Å². The van der Waals surface area contributed by atoms with E-state index in [-0.39, 0.29) is 6.09 Å². The van der Waals surface area contributed by atoms with Crippen LogP contribution in [-0.4, -0.2) is 18.2 Å². The maximum Gasteiger partial charge on any atom is 0.407 e. The highest BCUT2D eigenvalue weighted by Crippen LogP contribution is 2.18. The first-order valence-corrected chi connectivity index (χ1v) is 8.03. The Morgan fingerprint density at radius 3 is 2.71 bits per heavy atom. The number of benzene rings is 1.